The number of nitrogens with zero attached hydrogens (tertiary/aromatic N) is 1. The minimum atomic E-state index is -0.785. The van der Waals surface area contributed by atoms with Gasteiger partial charge in [-0.05, 0) is 38.0 Å². The van der Waals surface area contributed by atoms with Crippen molar-refractivity contribution in [2.24, 2.45) is 5.10 Å². The molecule has 6 heteroatoms. The predicted molar refractivity (Wildman–Crippen MR) is 81.2 cm³/mol. The number of amides is 2. The molecule has 0 saturated heterocycles. The van der Waals surface area contributed by atoms with Gasteiger partial charge in [0.15, 0.2) is 0 Å². The fourth-order valence-corrected chi connectivity index (χ4v) is 1.46. The highest BCUT2D eigenvalue weighted by Gasteiger charge is 2.14. The van der Waals surface area contributed by atoms with E-state index in [-0.39, 0.29) is 6.04 Å². The van der Waals surface area contributed by atoms with Crippen molar-refractivity contribution in [3.63, 3.8) is 0 Å². The third kappa shape index (κ3) is 6.07. The molecule has 0 heterocycles. The van der Waals surface area contributed by atoms with Crippen molar-refractivity contribution < 1.29 is 14.3 Å². The van der Waals surface area contributed by atoms with Gasteiger partial charge in [0, 0.05) is 6.04 Å². The van der Waals surface area contributed by atoms with Gasteiger partial charge in [-0.1, -0.05) is 19.1 Å². The van der Waals surface area contributed by atoms with Crippen LogP contribution >= 0.6 is 0 Å². The second kappa shape index (κ2) is 8.73. The Bertz CT molecular complexity index is 515. The molecule has 2 N–H and O–H groups in total. The average molecular weight is 291 g/mol. The first-order valence-corrected chi connectivity index (χ1v) is 6.93. The van der Waals surface area contributed by atoms with E-state index in [1.54, 1.807) is 6.07 Å². The van der Waals surface area contributed by atoms with E-state index < -0.39 is 11.8 Å². The number of hydrogen-bond acceptors (Lipinski definition) is 4. The third-order valence-electron chi connectivity index (χ3n) is 2.74. The fraction of sp³-hybridized carbons (Fsp3) is 0.400. The van der Waals surface area contributed by atoms with E-state index in [2.05, 4.69) is 15.8 Å². The number of ether oxygens (including phenoxy) is 1. The normalized spacial score (nSPS) is 12.0. The number of hydrazone groups is 1. The zero-order valence-electron chi connectivity index (χ0n) is 12.6. The molecule has 1 atom stereocenters. The molecule has 0 bridgehead atoms. The first-order chi connectivity index (χ1) is 10.1. The van der Waals surface area contributed by atoms with Crippen LogP contribution in [0.15, 0.2) is 29.4 Å². The fourth-order valence-electron chi connectivity index (χ4n) is 1.46. The lowest BCUT2D eigenvalue weighted by atomic mass is 10.2. The van der Waals surface area contributed by atoms with Gasteiger partial charge < -0.3 is 10.1 Å². The minimum Gasteiger partial charge on any atom is -0.494 e. The van der Waals surface area contributed by atoms with Crippen molar-refractivity contribution >= 4 is 18.0 Å². The van der Waals surface area contributed by atoms with Gasteiger partial charge in [-0.25, -0.2) is 5.43 Å². The quantitative estimate of drug-likeness (QED) is 0.473. The van der Waals surface area contributed by atoms with Crippen LogP contribution in [0.4, 0.5) is 0 Å². The number of benzene rings is 1. The monoisotopic (exact) mass is 291 g/mol. The Hall–Kier alpha value is -2.37. The molecule has 0 aliphatic rings. The van der Waals surface area contributed by atoms with Crippen LogP contribution in [0, 0.1) is 0 Å². The number of hydrogen-bond donors (Lipinski definition) is 2. The molecule has 1 rings (SSSR count). The van der Waals surface area contributed by atoms with E-state index in [9.17, 15) is 9.59 Å². The highest BCUT2D eigenvalue weighted by atomic mass is 16.5. The van der Waals surface area contributed by atoms with Gasteiger partial charge in [0.1, 0.15) is 5.75 Å². The van der Waals surface area contributed by atoms with Crippen LogP contribution in [0.3, 0.4) is 0 Å². The van der Waals surface area contributed by atoms with E-state index >= 15 is 0 Å². The summed E-state index contributed by atoms with van der Waals surface area (Å²) in [7, 11) is 0. The highest BCUT2D eigenvalue weighted by molar-refractivity contribution is 6.35. The summed E-state index contributed by atoms with van der Waals surface area (Å²) in [5, 5.41) is 6.32. The van der Waals surface area contributed by atoms with Gasteiger partial charge in [-0.15, -0.1) is 0 Å². The summed E-state index contributed by atoms with van der Waals surface area (Å²) in [4.78, 5) is 23.0. The number of carbonyl (C=O) groups excluding carboxylic acids is 2. The Labute approximate surface area is 124 Å². The molecule has 2 amide bonds. The zero-order chi connectivity index (χ0) is 15.7. The molecule has 21 heavy (non-hydrogen) atoms. The summed E-state index contributed by atoms with van der Waals surface area (Å²) in [5.41, 5.74) is 2.96. The lowest BCUT2D eigenvalue weighted by Gasteiger charge is -2.09. The molecule has 0 saturated carbocycles. The molecule has 0 fully saturated rings. The maximum absolute atomic E-state index is 11.5. The Morgan fingerprint density at radius 2 is 2.10 bits per heavy atom. The molecule has 1 aromatic carbocycles. The number of carbonyl (C=O) groups is 2. The first-order valence-electron chi connectivity index (χ1n) is 6.93. The summed E-state index contributed by atoms with van der Waals surface area (Å²) in [5.74, 6) is -0.751. The van der Waals surface area contributed by atoms with Crippen LogP contribution in [0.25, 0.3) is 0 Å². The highest BCUT2D eigenvalue weighted by Crippen LogP contribution is 2.11. The molecular formula is C15H21N3O3. The van der Waals surface area contributed by atoms with Gasteiger partial charge in [-0.2, -0.15) is 5.10 Å². The molecule has 0 aliphatic heterocycles. The molecule has 0 radical (unpaired) electrons. The maximum atomic E-state index is 11.5. The number of rotatable bonds is 6. The van der Waals surface area contributed by atoms with Crippen LogP contribution in [0.5, 0.6) is 5.75 Å². The molecular weight excluding hydrogens is 270 g/mol. The first kappa shape index (κ1) is 16.7. The van der Waals surface area contributed by atoms with Crippen molar-refractivity contribution in [1.82, 2.24) is 10.7 Å². The molecule has 0 spiro atoms. The summed E-state index contributed by atoms with van der Waals surface area (Å²) in [6.07, 6.45) is 2.21. The van der Waals surface area contributed by atoms with E-state index in [0.29, 0.717) is 6.61 Å². The van der Waals surface area contributed by atoms with Crippen LogP contribution in [-0.2, 0) is 9.59 Å². The smallest absolute Gasteiger partial charge is 0.329 e. The van der Waals surface area contributed by atoms with E-state index in [1.807, 2.05) is 39.0 Å². The van der Waals surface area contributed by atoms with Crippen LogP contribution in [-0.4, -0.2) is 30.7 Å². The standard InChI is InChI=1S/C15H21N3O3/c1-4-11(3)17-14(19)15(20)18-16-10-12-7-6-8-13(9-12)21-5-2/h6-11H,4-5H2,1-3H3,(H,17,19)(H,18,20)/b16-10-/t11-/m0/s1. The van der Waals surface area contributed by atoms with E-state index in [0.717, 1.165) is 17.7 Å². The predicted octanol–water partition coefficient (Wildman–Crippen LogP) is 1.45. The summed E-state index contributed by atoms with van der Waals surface area (Å²) < 4.78 is 5.36. The van der Waals surface area contributed by atoms with Gasteiger partial charge in [0.25, 0.3) is 0 Å². The van der Waals surface area contributed by atoms with Crippen molar-refractivity contribution in [2.45, 2.75) is 33.2 Å². The molecule has 6 nitrogen and oxygen atoms in total. The van der Waals surface area contributed by atoms with Gasteiger partial charge in [0.2, 0.25) is 0 Å². The van der Waals surface area contributed by atoms with E-state index in [4.69, 9.17) is 4.74 Å². The van der Waals surface area contributed by atoms with Crippen molar-refractivity contribution in [2.75, 3.05) is 6.61 Å². The minimum absolute atomic E-state index is 0.0462. The molecule has 114 valence electrons. The molecule has 0 aromatic heterocycles. The summed E-state index contributed by atoms with van der Waals surface area (Å²) >= 11 is 0. The zero-order valence-corrected chi connectivity index (χ0v) is 12.6. The Morgan fingerprint density at radius 3 is 2.76 bits per heavy atom. The van der Waals surface area contributed by atoms with Gasteiger partial charge >= 0.3 is 11.8 Å². The van der Waals surface area contributed by atoms with Crippen molar-refractivity contribution in [3.05, 3.63) is 29.8 Å². The lowest BCUT2D eigenvalue weighted by Crippen LogP contribution is -2.41. The Morgan fingerprint density at radius 1 is 1.33 bits per heavy atom. The topological polar surface area (TPSA) is 79.8 Å². The van der Waals surface area contributed by atoms with Crippen molar-refractivity contribution in [3.8, 4) is 5.75 Å². The average Bonchev–Trinajstić information content (AvgIpc) is 2.47. The molecule has 1 aromatic rings. The van der Waals surface area contributed by atoms with Crippen LogP contribution in [0.2, 0.25) is 0 Å². The Kier molecular flexibility index (Phi) is 6.94. The summed E-state index contributed by atoms with van der Waals surface area (Å²) in [6, 6.07) is 7.22. The van der Waals surface area contributed by atoms with Gasteiger partial charge in [0.05, 0.1) is 12.8 Å². The Balaban J connectivity index is 2.52. The summed E-state index contributed by atoms with van der Waals surface area (Å²) in [6.45, 7) is 6.23. The SMILES string of the molecule is CCOc1cccc(/C=N\NC(=O)C(=O)N[C@@H](C)CC)c1. The molecule has 0 unspecified atom stereocenters. The maximum Gasteiger partial charge on any atom is 0.329 e. The third-order valence-corrected chi connectivity index (χ3v) is 2.74. The van der Waals surface area contributed by atoms with Gasteiger partial charge in [-0.3, -0.25) is 9.59 Å². The van der Waals surface area contributed by atoms with Crippen LogP contribution in [0.1, 0.15) is 32.8 Å². The largest absolute Gasteiger partial charge is 0.494 e. The van der Waals surface area contributed by atoms with E-state index in [1.165, 1.54) is 6.21 Å². The lowest BCUT2D eigenvalue weighted by molar-refractivity contribution is -0.139. The second-order valence-electron chi connectivity index (χ2n) is 4.49. The van der Waals surface area contributed by atoms with Crippen molar-refractivity contribution in [1.29, 1.82) is 0 Å². The van der Waals surface area contributed by atoms with Crippen LogP contribution < -0.4 is 15.5 Å². The number of nitrogens with one attached hydrogen (secondary N) is 2. The second-order valence-corrected chi connectivity index (χ2v) is 4.49. The molecule has 0 aliphatic carbocycles.